The van der Waals surface area contributed by atoms with Gasteiger partial charge in [-0.2, -0.15) is 0 Å². The van der Waals surface area contributed by atoms with Gasteiger partial charge in [0.2, 0.25) is 10.0 Å². The Bertz CT molecular complexity index is 553. The van der Waals surface area contributed by atoms with Crippen molar-refractivity contribution in [1.82, 2.24) is 4.72 Å². The maximum absolute atomic E-state index is 13.5. The summed E-state index contributed by atoms with van der Waals surface area (Å²) in [4.78, 5) is 0.00565. The van der Waals surface area contributed by atoms with Crippen molar-refractivity contribution < 1.29 is 17.9 Å². The van der Waals surface area contributed by atoms with Gasteiger partial charge in [0, 0.05) is 12.1 Å². The third-order valence-corrected chi connectivity index (χ3v) is 4.45. The Labute approximate surface area is 106 Å². The Morgan fingerprint density at radius 1 is 1.44 bits per heavy atom. The van der Waals surface area contributed by atoms with Gasteiger partial charge in [-0.25, -0.2) is 17.5 Å². The van der Waals surface area contributed by atoms with Gasteiger partial charge in [-0.3, -0.25) is 0 Å². The van der Waals surface area contributed by atoms with Crippen molar-refractivity contribution in [3.63, 3.8) is 0 Å². The molecule has 0 unspecified atom stereocenters. The Morgan fingerprint density at radius 2 is 2.11 bits per heavy atom. The summed E-state index contributed by atoms with van der Waals surface area (Å²) in [5, 5.41) is 9.01. The monoisotopic (exact) mass is 273 g/mol. The van der Waals surface area contributed by atoms with Gasteiger partial charge < -0.3 is 5.11 Å². The van der Waals surface area contributed by atoms with Crippen LogP contribution in [0.15, 0.2) is 17.0 Å². The Kier molecular flexibility index (Phi) is 3.70. The molecular formula is C12H16FNO3S. The van der Waals surface area contributed by atoms with Gasteiger partial charge in [0.05, 0.1) is 11.5 Å². The lowest BCUT2D eigenvalue weighted by Gasteiger charge is -2.10. The van der Waals surface area contributed by atoms with E-state index in [1.807, 2.05) is 0 Å². The van der Waals surface area contributed by atoms with Gasteiger partial charge in [-0.1, -0.05) is 0 Å². The third kappa shape index (κ3) is 2.88. The molecule has 1 aromatic rings. The van der Waals surface area contributed by atoms with Crippen molar-refractivity contribution >= 4 is 10.0 Å². The van der Waals surface area contributed by atoms with E-state index in [1.165, 1.54) is 19.1 Å². The van der Waals surface area contributed by atoms with Gasteiger partial charge in [0.15, 0.2) is 0 Å². The third-order valence-electron chi connectivity index (χ3n) is 3.04. The lowest BCUT2D eigenvalue weighted by atomic mass is 10.1. The van der Waals surface area contributed by atoms with Crippen molar-refractivity contribution in [2.75, 3.05) is 6.54 Å². The number of sulfonamides is 1. The second kappa shape index (κ2) is 4.95. The molecule has 0 saturated heterocycles. The molecule has 0 aliphatic heterocycles. The molecule has 1 aromatic carbocycles. The van der Waals surface area contributed by atoms with Gasteiger partial charge in [0.1, 0.15) is 5.82 Å². The van der Waals surface area contributed by atoms with Crippen LogP contribution in [0.2, 0.25) is 0 Å². The van der Waals surface area contributed by atoms with E-state index < -0.39 is 22.4 Å². The normalized spacial score (nSPS) is 15.9. The average molecular weight is 273 g/mol. The maximum atomic E-state index is 13.5. The van der Waals surface area contributed by atoms with Gasteiger partial charge >= 0.3 is 0 Å². The zero-order valence-electron chi connectivity index (χ0n) is 10.1. The van der Waals surface area contributed by atoms with E-state index in [0.29, 0.717) is 12.5 Å². The summed E-state index contributed by atoms with van der Waals surface area (Å²) in [5.74, 6) is -0.128. The van der Waals surface area contributed by atoms with E-state index in [2.05, 4.69) is 4.72 Å². The summed E-state index contributed by atoms with van der Waals surface area (Å²) in [6.45, 7) is 1.39. The van der Waals surface area contributed by atoms with Gasteiger partial charge in [0.25, 0.3) is 0 Å². The summed E-state index contributed by atoms with van der Waals surface area (Å²) < 4.78 is 40.0. The van der Waals surface area contributed by atoms with Crippen LogP contribution >= 0.6 is 0 Å². The Hall–Kier alpha value is -0.980. The average Bonchev–Trinajstić information content (AvgIpc) is 3.14. The quantitative estimate of drug-likeness (QED) is 0.850. The smallest absolute Gasteiger partial charge is 0.240 e. The topological polar surface area (TPSA) is 66.4 Å². The fourth-order valence-electron chi connectivity index (χ4n) is 1.71. The fourth-order valence-corrected chi connectivity index (χ4v) is 2.96. The van der Waals surface area contributed by atoms with E-state index in [4.69, 9.17) is 5.11 Å². The first-order valence-corrected chi connectivity index (χ1v) is 7.32. The molecule has 0 bridgehead atoms. The molecule has 4 nitrogen and oxygen atoms in total. The summed E-state index contributed by atoms with van der Waals surface area (Å²) in [6.07, 6.45) is 2.10. The number of aliphatic hydroxyl groups excluding tert-OH is 1. The molecule has 0 heterocycles. The van der Waals surface area contributed by atoms with Crippen LogP contribution in [0.5, 0.6) is 0 Å². The van der Waals surface area contributed by atoms with Crippen LogP contribution in [0.4, 0.5) is 4.39 Å². The van der Waals surface area contributed by atoms with Crippen molar-refractivity contribution in [2.24, 2.45) is 5.92 Å². The van der Waals surface area contributed by atoms with Crippen LogP contribution in [0.1, 0.15) is 24.0 Å². The highest BCUT2D eigenvalue weighted by molar-refractivity contribution is 7.89. The summed E-state index contributed by atoms with van der Waals surface area (Å²) in [6, 6.07) is 2.46. The molecule has 0 amide bonds. The zero-order valence-corrected chi connectivity index (χ0v) is 10.9. The van der Waals surface area contributed by atoms with Crippen LogP contribution < -0.4 is 4.72 Å². The molecule has 0 atom stereocenters. The second-order valence-electron chi connectivity index (χ2n) is 4.67. The number of halogens is 1. The predicted octanol–water partition coefficient (Wildman–Crippen LogP) is 1.31. The minimum atomic E-state index is -3.61. The highest BCUT2D eigenvalue weighted by Gasteiger charge is 2.25. The number of benzene rings is 1. The molecule has 6 heteroatoms. The molecule has 0 spiro atoms. The minimum Gasteiger partial charge on any atom is -0.392 e. The van der Waals surface area contributed by atoms with E-state index in [0.717, 1.165) is 12.8 Å². The predicted molar refractivity (Wildman–Crippen MR) is 65.0 cm³/mol. The van der Waals surface area contributed by atoms with Crippen molar-refractivity contribution in [1.29, 1.82) is 0 Å². The molecular weight excluding hydrogens is 257 g/mol. The van der Waals surface area contributed by atoms with Crippen LogP contribution in [-0.2, 0) is 16.6 Å². The van der Waals surface area contributed by atoms with E-state index in [1.54, 1.807) is 0 Å². The van der Waals surface area contributed by atoms with Crippen molar-refractivity contribution in [2.45, 2.75) is 31.3 Å². The van der Waals surface area contributed by atoms with Gasteiger partial charge in [-0.15, -0.1) is 0 Å². The highest BCUT2D eigenvalue weighted by atomic mass is 32.2. The summed E-state index contributed by atoms with van der Waals surface area (Å²) in [7, 11) is -3.61. The lowest BCUT2D eigenvalue weighted by molar-refractivity contribution is 0.275. The molecule has 1 aliphatic rings. The molecule has 0 radical (unpaired) electrons. The number of aryl methyl sites for hydroxylation is 1. The molecule has 100 valence electrons. The SMILES string of the molecule is Cc1cc(S(=O)(=O)NCC2CC2)cc(CO)c1F. The largest absolute Gasteiger partial charge is 0.392 e. The highest BCUT2D eigenvalue weighted by Crippen LogP contribution is 2.28. The van der Waals surface area contributed by atoms with Crippen molar-refractivity contribution in [3.05, 3.63) is 29.1 Å². The number of rotatable bonds is 5. The number of nitrogens with one attached hydrogen (secondary N) is 1. The lowest BCUT2D eigenvalue weighted by Crippen LogP contribution is -2.26. The van der Waals surface area contributed by atoms with E-state index >= 15 is 0 Å². The molecule has 0 aromatic heterocycles. The standard InChI is InChI=1S/C12H16FNO3S/c1-8-4-11(5-10(7-15)12(8)13)18(16,17)14-6-9-2-3-9/h4-5,9,14-15H,2-3,6-7H2,1H3. The van der Waals surface area contributed by atoms with Gasteiger partial charge in [-0.05, 0) is 43.4 Å². The molecule has 18 heavy (non-hydrogen) atoms. The molecule has 1 saturated carbocycles. The maximum Gasteiger partial charge on any atom is 0.240 e. The Balaban J connectivity index is 2.28. The molecule has 2 N–H and O–H groups in total. The first-order chi connectivity index (χ1) is 8.44. The van der Waals surface area contributed by atoms with Crippen LogP contribution in [0.25, 0.3) is 0 Å². The van der Waals surface area contributed by atoms with Crippen molar-refractivity contribution in [3.8, 4) is 0 Å². The Morgan fingerprint density at radius 3 is 2.67 bits per heavy atom. The van der Waals surface area contributed by atoms with Crippen LogP contribution in [-0.4, -0.2) is 20.1 Å². The minimum absolute atomic E-state index is 0.00166. The molecule has 1 aliphatic carbocycles. The zero-order chi connectivity index (χ0) is 13.3. The summed E-state index contributed by atoms with van der Waals surface area (Å²) >= 11 is 0. The van der Waals surface area contributed by atoms with Crippen LogP contribution in [0, 0.1) is 18.7 Å². The molecule has 1 fully saturated rings. The fraction of sp³-hybridized carbons (Fsp3) is 0.500. The first kappa shape index (κ1) is 13.5. The summed E-state index contributed by atoms with van der Waals surface area (Å²) in [5.41, 5.74) is 0.218. The molecule has 2 rings (SSSR count). The van der Waals surface area contributed by atoms with E-state index in [-0.39, 0.29) is 16.0 Å². The van der Waals surface area contributed by atoms with E-state index in [9.17, 15) is 12.8 Å². The number of hydrogen-bond donors (Lipinski definition) is 2. The first-order valence-electron chi connectivity index (χ1n) is 5.83. The second-order valence-corrected chi connectivity index (χ2v) is 6.43. The number of hydrogen-bond acceptors (Lipinski definition) is 3. The number of aliphatic hydroxyl groups is 1. The van der Waals surface area contributed by atoms with Crippen LogP contribution in [0.3, 0.4) is 0 Å².